The van der Waals surface area contributed by atoms with Crippen molar-refractivity contribution in [3.05, 3.63) is 4.88 Å². The number of ether oxygens (including phenoxy) is 1. The van der Waals surface area contributed by atoms with Crippen LogP contribution in [-0.4, -0.2) is 26.0 Å². The molecule has 1 aromatic rings. The molecule has 0 radical (unpaired) electrons. The van der Waals surface area contributed by atoms with Crippen LogP contribution in [0.3, 0.4) is 0 Å². The van der Waals surface area contributed by atoms with Gasteiger partial charge in [-0.3, -0.25) is 4.79 Å². The summed E-state index contributed by atoms with van der Waals surface area (Å²) < 4.78 is 5.43. The molecule has 19 heavy (non-hydrogen) atoms. The van der Waals surface area contributed by atoms with Crippen LogP contribution in [0.15, 0.2) is 0 Å². The van der Waals surface area contributed by atoms with E-state index < -0.39 is 0 Å². The molecule has 2 N–H and O–H groups in total. The van der Waals surface area contributed by atoms with Gasteiger partial charge in [0.15, 0.2) is 11.5 Å². The number of nitrogen functional groups attached to an aromatic ring is 1. The van der Waals surface area contributed by atoms with Crippen molar-refractivity contribution in [2.45, 2.75) is 27.2 Å². The Morgan fingerprint density at radius 1 is 1.42 bits per heavy atom. The molecule has 2 atom stereocenters. The van der Waals surface area contributed by atoms with Crippen molar-refractivity contribution in [3.63, 3.8) is 0 Å². The molecule has 0 aliphatic carbocycles. The summed E-state index contributed by atoms with van der Waals surface area (Å²) in [6, 6.07) is 0. The van der Waals surface area contributed by atoms with E-state index in [0.29, 0.717) is 34.6 Å². The Morgan fingerprint density at radius 2 is 2.00 bits per heavy atom. The SMILES string of the molecule is CCC(=O)c1sc(N2CC(C)C(C)C2)c(OC)c1N. The minimum absolute atomic E-state index is 0.0901. The molecule has 0 saturated carbocycles. The van der Waals surface area contributed by atoms with Crippen LogP contribution < -0.4 is 15.4 Å². The lowest BCUT2D eigenvalue weighted by Crippen LogP contribution is -2.18. The summed E-state index contributed by atoms with van der Waals surface area (Å²) in [5.41, 5.74) is 6.57. The molecule has 1 aliphatic rings. The number of thiophene rings is 1. The average molecular weight is 282 g/mol. The van der Waals surface area contributed by atoms with E-state index >= 15 is 0 Å². The van der Waals surface area contributed by atoms with Crippen molar-refractivity contribution in [3.8, 4) is 5.75 Å². The van der Waals surface area contributed by atoms with Crippen LogP contribution in [0, 0.1) is 11.8 Å². The maximum absolute atomic E-state index is 11.9. The Labute approximate surface area is 118 Å². The van der Waals surface area contributed by atoms with E-state index in [9.17, 15) is 4.79 Å². The van der Waals surface area contributed by atoms with Crippen molar-refractivity contribution in [2.75, 3.05) is 30.8 Å². The molecule has 1 saturated heterocycles. The molecule has 2 rings (SSSR count). The standard InChI is InChI=1S/C14H22N2O2S/c1-5-10(17)13-11(15)12(18-4)14(19-13)16-6-8(2)9(3)7-16/h8-9H,5-7,15H2,1-4H3. The molecule has 0 bridgehead atoms. The number of anilines is 2. The van der Waals surface area contributed by atoms with Crippen molar-refractivity contribution in [1.82, 2.24) is 0 Å². The minimum atomic E-state index is 0.0901. The van der Waals surface area contributed by atoms with E-state index in [1.54, 1.807) is 7.11 Å². The molecule has 0 spiro atoms. The van der Waals surface area contributed by atoms with E-state index in [0.717, 1.165) is 18.1 Å². The smallest absolute Gasteiger partial charge is 0.177 e. The van der Waals surface area contributed by atoms with Crippen LogP contribution >= 0.6 is 11.3 Å². The van der Waals surface area contributed by atoms with Crippen LogP contribution in [0.25, 0.3) is 0 Å². The maximum atomic E-state index is 11.9. The summed E-state index contributed by atoms with van der Waals surface area (Å²) in [5.74, 6) is 2.06. The Balaban J connectivity index is 2.38. The average Bonchev–Trinajstić information content (AvgIpc) is 2.89. The molecule has 2 unspecified atom stereocenters. The predicted octanol–water partition coefficient (Wildman–Crippen LogP) is 3.02. The number of Topliss-reactive ketones (excluding diaryl/α,β-unsaturated/α-hetero) is 1. The fourth-order valence-corrected chi connectivity index (χ4v) is 3.70. The highest BCUT2D eigenvalue weighted by molar-refractivity contribution is 7.19. The monoisotopic (exact) mass is 282 g/mol. The van der Waals surface area contributed by atoms with Gasteiger partial charge in [-0.2, -0.15) is 0 Å². The third kappa shape index (κ3) is 2.43. The quantitative estimate of drug-likeness (QED) is 0.862. The predicted molar refractivity (Wildman–Crippen MR) is 80.4 cm³/mol. The number of nitrogens with zero attached hydrogens (tertiary/aromatic N) is 1. The van der Waals surface area contributed by atoms with Crippen molar-refractivity contribution in [2.24, 2.45) is 11.8 Å². The van der Waals surface area contributed by atoms with Crippen LogP contribution in [0.1, 0.15) is 36.9 Å². The summed E-state index contributed by atoms with van der Waals surface area (Å²) in [5, 5.41) is 1.01. The first kappa shape index (κ1) is 14.2. The molecular formula is C14H22N2O2S. The van der Waals surface area contributed by atoms with Gasteiger partial charge in [0, 0.05) is 19.5 Å². The first-order valence-corrected chi connectivity index (χ1v) is 7.55. The normalized spacial score (nSPS) is 22.8. The second-order valence-corrected chi connectivity index (χ2v) is 6.32. The lowest BCUT2D eigenvalue weighted by molar-refractivity contribution is 0.0992. The zero-order valence-corrected chi connectivity index (χ0v) is 12.8. The van der Waals surface area contributed by atoms with Gasteiger partial charge in [0.05, 0.1) is 17.7 Å². The van der Waals surface area contributed by atoms with Crippen LogP contribution in [0.2, 0.25) is 0 Å². The van der Waals surface area contributed by atoms with Gasteiger partial charge in [-0.25, -0.2) is 0 Å². The molecular weight excluding hydrogens is 260 g/mol. The number of hydrogen-bond donors (Lipinski definition) is 1. The molecule has 5 heteroatoms. The van der Waals surface area contributed by atoms with Crippen LogP contribution in [-0.2, 0) is 0 Å². The molecule has 106 valence electrons. The van der Waals surface area contributed by atoms with Gasteiger partial charge in [0.1, 0.15) is 5.00 Å². The second-order valence-electron chi connectivity index (χ2n) is 5.32. The van der Waals surface area contributed by atoms with Gasteiger partial charge < -0.3 is 15.4 Å². The van der Waals surface area contributed by atoms with Gasteiger partial charge in [-0.15, -0.1) is 11.3 Å². The summed E-state index contributed by atoms with van der Waals surface area (Å²) in [6.07, 6.45) is 0.472. The van der Waals surface area contributed by atoms with E-state index in [4.69, 9.17) is 10.5 Å². The zero-order valence-electron chi connectivity index (χ0n) is 12.0. The molecule has 1 aromatic heterocycles. The number of ketones is 1. The number of hydrogen-bond acceptors (Lipinski definition) is 5. The maximum Gasteiger partial charge on any atom is 0.177 e. The summed E-state index contributed by atoms with van der Waals surface area (Å²) >= 11 is 1.47. The fraction of sp³-hybridized carbons (Fsp3) is 0.643. The van der Waals surface area contributed by atoms with E-state index in [2.05, 4.69) is 18.7 Å². The van der Waals surface area contributed by atoms with Gasteiger partial charge >= 0.3 is 0 Å². The number of methoxy groups -OCH3 is 1. The summed E-state index contributed by atoms with van der Waals surface area (Å²) in [4.78, 5) is 14.8. The van der Waals surface area contributed by atoms with Crippen molar-refractivity contribution >= 4 is 27.8 Å². The fourth-order valence-electron chi connectivity index (χ4n) is 2.48. The Bertz CT molecular complexity index is 474. The molecule has 4 nitrogen and oxygen atoms in total. The number of carbonyl (C=O) groups is 1. The van der Waals surface area contributed by atoms with E-state index in [1.165, 1.54) is 11.3 Å². The topological polar surface area (TPSA) is 55.6 Å². The second kappa shape index (κ2) is 5.41. The van der Waals surface area contributed by atoms with Crippen molar-refractivity contribution < 1.29 is 9.53 Å². The third-order valence-corrected chi connectivity index (χ3v) is 5.22. The van der Waals surface area contributed by atoms with Crippen LogP contribution in [0.5, 0.6) is 5.75 Å². The highest BCUT2D eigenvalue weighted by Crippen LogP contribution is 2.47. The lowest BCUT2D eigenvalue weighted by atomic mass is 10.0. The third-order valence-electron chi connectivity index (χ3n) is 3.94. The van der Waals surface area contributed by atoms with Gasteiger partial charge in [0.2, 0.25) is 0 Å². The van der Waals surface area contributed by atoms with E-state index in [1.807, 2.05) is 6.92 Å². The van der Waals surface area contributed by atoms with Crippen molar-refractivity contribution in [1.29, 1.82) is 0 Å². The molecule has 1 fully saturated rings. The van der Waals surface area contributed by atoms with Crippen LogP contribution in [0.4, 0.5) is 10.7 Å². The summed E-state index contributed by atoms with van der Waals surface area (Å²) in [6.45, 7) is 8.36. The Hall–Kier alpha value is -1.23. The largest absolute Gasteiger partial charge is 0.492 e. The highest BCUT2D eigenvalue weighted by atomic mass is 32.1. The highest BCUT2D eigenvalue weighted by Gasteiger charge is 2.31. The molecule has 0 amide bonds. The molecule has 2 heterocycles. The lowest BCUT2D eigenvalue weighted by Gasteiger charge is -2.17. The number of rotatable bonds is 4. The molecule has 1 aliphatic heterocycles. The minimum Gasteiger partial charge on any atom is -0.492 e. The Morgan fingerprint density at radius 3 is 2.47 bits per heavy atom. The first-order valence-electron chi connectivity index (χ1n) is 6.73. The van der Waals surface area contributed by atoms with Gasteiger partial charge in [-0.05, 0) is 11.8 Å². The Kier molecular flexibility index (Phi) is 4.04. The van der Waals surface area contributed by atoms with Gasteiger partial charge in [0.25, 0.3) is 0 Å². The zero-order chi connectivity index (χ0) is 14.2. The number of carbonyl (C=O) groups excluding carboxylic acids is 1. The first-order chi connectivity index (χ1) is 8.99. The number of nitrogens with two attached hydrogens (primary N) is 1. The molecule has 0 aromatic carbocycles. The summed E-state index contributed by atoms with van der Waals surface area (Å²) in [7, 11) is 1.62. The van der Waals surface area contributed by atoms with Gasteiger partial charge in [-0.1, -0.05) is 20.8 Å². The van der Waals surface area contributed by atoms with E-state index in [-0.39, 0.29) is 5.78 Å².